The first-order valence-electron chi connectivity index (χ1n) is 5.11. The summed E-state index contributed by atoms with van der Waals surface area (Å²) in [4.78, 5) is 13.2. The number of fused-ring (bicyclic) bond motifs is 3. The van der Waals surface area contributed by atoms with Crippen molar-refractivity contribution in [3.8, 4) is 0 Å². The maximum absolute atomic E-state index is 11.5. The number of nitrogens with zero attached hydrogens (tertiary/aromatic N) is 1. The van der Waals surface area contributed by atoms with Gasteiger partial charge in [-0.2, -0.15) is 0 Å². The number of piperidine rings is 2. The smallest absolute Gasteiger partial charge is 0.410 e. The van der Waals surface area contributed by atoms with E-state index in [9.17, 15) is 9.90 Å². The summed E-state index contributed by atoms with van der Waals surface area (Å²) in [7, 11) is 1.39. The quantitative estimate of drug-likeness (QED) is 0.633. The van der Waals surface area contributed by atoms with Crippen molar-refractivity contribution in [2.45, 2.75) is 37.8 Å². The van der Waals surface area contributed by atoms with Crippen LogP contribution in [0.4, 0.5) is 4.79 Å². The van der Waals surface area contributed by atoms with E-state index in [1.807, 2.05) is 6.92 Å². The Morgan fingerprint density at radius 2 is 2.36 bits per heavy atom. The lowest BCUT2D eigenvalue weighted by atomic mass is 9.70. The number of rotatable bonds is 0. The Balaban J connectivity index is 2.23. The summed E-state index contributed by atoms with van der Waals surface area (Å²) in [6.45, 7) is 2.68. The standard InChI is InChI=1S/C10H17NO3/c1-10-4-3-7(5-8(10)12)6-11(10)9(13)14-2/h7-8,12H,3-6H2,1-2H3. The zero-order chi connectivity index (χ0) is 10.3. The van der Waals surface area contributed by atoms with Crippen LogP contribution in [-0.2, 0) is 4.74 Å². The van der Waals surface area contributed by atoms with Crippen LogP contribution in [0.25, 0.3) is 0 Å². The highest BCUT2D eigenvalue weighted by molar-refractivity contribution is 5.69. The molecule has 3 aliphatic rings. The molecule has 0 aromatic heterocycles. The second-order valence-electron chi connectivity index (χ2n) is 4.59. The van der Waals surface area contributed by atoms with Crippen molar-refractivity contribution in [1.29, 1.82) is 0 Å². The van der Waals surface area contributed by atoms with Crippen molar-refractivity contribution in [3.63, 3.8) is 0 Å². The van der Waals surface area contributed by atoms with E-state index in [-0.39, 0.29) is 6.09 Å². The second-order valence-corrected chi connectivity index (χ2v) is 4.59. The van der Waals surface area contributed by atoms with Crippen molar-refractivity contribution in [3.05, 3.63) is 0 Å². The predicted molar refractivity (Wildman–Crippen MR) is 50.9 cm³/mol. The van der Waals surface area contributed by atoms with Crippen LogP contribution in [0, 0.1) is 5.92 Å². The van der Waals surface area contributed by atoms with Gasteiger partial charge in [0.1, 0.15) is 0 Å². The molecule has 2 saturated heterocycles. The zero-order valence-corrected chi connectivity index (χ0v) is 8.69. The molecule has 3 fully saturated rings. The fourth-order valence-corrected chi connectivity index (χ4v) is 2.69. The summed E-state index contributed by atoms with van der Waals surface area (Å²) >= 11 is 0. The monoisotopic (exact) mass is 199 g/mol. The van der Waals surface area contributed by atoms with E-state index >= 15 is 0 Å². The Morgan fingerprint density at radius 1 is 1.64 bits per heavy atom. The minimum Gasteiger partial charge on any atom is -0.453 e. The average Bonchev–Trinajstić information content (AvgIpc) is 2.18. The van der Waals surface area contributed by atoms with Gasteiger partial charge in [-0.1, -0.05) is 0 Å². The summed E-state index contributed by atoms with van der Waals surface area (Å²) in [5, 5.41) is 9.92. The fourth-order valence-electron chi connectivity index (χ4n) is 2.69. The van der Waals surface area contributed by atoms with Gasteiger partial charge in [0.15, 0.2) is 0 Å². The van der Waals surface area contributed by atoms with Crippen molar-refractivity contribution >= 4 is 6.09 Å². The normalized spacial score (nSPS) is 41.2. The number of hydrogen-bond acceptors (Lipinski definition) is 3. The van der Waals surface area contributed by atoms with Crippen LogP contribution in [0.15, 0.2) is 0 Å². The van der Waals surface area contributed by atoms with E-state index < -0.39 is 11.6 Å². The van der Waals surface area contributed by atoms with Gasteiger partial charge in [0.05, 0.1) is 18.8 Å². The zero-order valence-electron chi connectivity index (χ0n) is 8.69. The molecule has 4 nitrogen and oxygen atoms in total. The van der Waals surface area contributed by atoms with Crippen LogP contribution in [0.5, 0.6) is 0 Å². The predicted octanol–water partition coefficient (Wildman–Crippen LogP) is 0.988. The van der Waals surface area contributed by atoms with E-state index in [1.54, 1.807) is 4.90 Å². The lowest BCUT2D eigenvalue weighted by Gasteiger charge is -2.54. The Hall–Kier alpha value is -0.770. The molecule has 0 aromatic rings. The molecule has 3 atom stereocenters. The average molecular weight is 199 g/mol. The summed E-state index contributed by atoms with van der Waals surface area (Å²) in [5.41, 5.74) is -0.401. The lowest BCUT2D eigenvalue weighted by molar-refractivity contribution is -0.102. The molecule has 4 heteroatoms. The van der Waals surface area contributed by atoms with Gasteiger partial charge in [-0.25, -0.2) is 4.79 Å². The highest BCUT2D eigenvalue weighted by Crippen LogP contribution is 2.43. The fraction of sp³-hybridized carbons (Fsp3) is 0.900. The first-order valence-corrected chi connectivity index (χ1v) is 5.11. The molecule has 2 aliphatic heterocycles. The van der Waals surface area contributed by atoms with Crippen LogP contribution in [0.1, 0.15) is 26.2 Å². The van der Waals surface area contributed by atoms with Gasteiger partial charge >= 0.3 is 6.09 Å². The molecule has 0 spiro atoms. The molecule has 1 saturated carbocycles. The maximum atomic E-state index is 11.5. The minimum absolute atomic E-state index is 0.309. The number of aliphatic hydroxyl groups excluding tert-OH is 1. The summed E-state index contributed by atoms with van der Waals surface area (Å²) in [6.07, 6.45) is 2.11. The Morgan fingerprint density at radius 3 is 2.93 bits per heavy atom. The Kier molecular flexibility index (Phi) is 2.18. The first-order chi connectivity index (χ1) is 6.58. The highest BCUT2D eigenvalue weighted by atomic mass is 16.5. The van der Waals surface area contributed by atoms with E-state index in [2.05, 4.69) is 0 Å². The molecular formula is C10H17NO3. The number of ether oxygens (including phenoxy) is 1. The third-order valence-electron chi connectivity index (χ3n) is 3.79. The van der Waals surface area contributed by atoms with Crippen molar-refractivity contribution in [1.82, 2.24) is 4.90 Å². The molecule has 2 bridgehead atoms. The topological polar surface area (TPSA) is 49.8 Å². The van der Waals surface area contributed by atoms with Gasteiger partial charge in [-0.15, -0.1) is 0 Å². The van der Waals surface area contributed by atoms with E-state index in [0.29, 0.717) is 5.92 Å². The van der Waals surface area contributed by atoms with Crippen molar-refractivity contribution in [2.24, 2.45) is 5.92 Å². The molecule has 0 radical (unpaired) electrons. The van der Waals surface area contributed by atoms with Gasteiger partial charge in [0.25, 0.3) is 0 Å². The Bertz CT molecular complexity index is 256. The molecular weight excluding hydrogens is 182 g/mol. The first kappa shape index (κ1) is 9.77. The summed E-state index contributed by atoms with van der Waals surface area (Å²) in [6, 6.07) is 0. The number of carbonyl (C=O) groups excluding carboxylic acids is 1. The molecule has 0 aromatic carbocycles. The van der Waals surface area contributed by atoms with E-state index in [1.165, 1.54) is 7.11 Å². The van der Waals surface area contributed by atoms with Crippen molar-refractivity contribution in [2.75, 3.05) is 13.7 Å². The van der Waals surface area contributed by atoms with Gasteiger partial charge in [0.2, 0.25) is 0 Å². The number of carbonyl (C=O) groups is 1. The maximum Gasteiger partial charge on any atom is 0.410 e. The van der Waals surface area contributed by atoms with Crippen LogP contribution >= 0.6 is 0 Å². The third-order valence-corrected chi connectivity index (χ3v) is 3.79. The number of amides is 1. The summed E-state index contributed by atoms with van der Waals surface area (Å²) < 4.78 is 4.73. The van der Waals surface area contributed by atoms with Crippen LogP contribution in [-0.4, -0.2) is 41.4 Å². The Labute approximate surface area is 83.8 Å². The molecule has 3 unspecified atom stereocenters. The molecule has 1 amide bonds. The molecule has 1 N–H and O–H groups in total. The highest BCUT2D eigenvalue weighted by Gasteiger charge is 2.51. The SMILES string of the molecule is COC(=O)N1CC2CCC1(C)C(O)C2. The molecule has 1 aliphatic carbocycles. The van der Waals surface area contributed by atoms with Gasteiger partial charge < -0.3 is 9.84 Å². The van der Waals surface area contributed by atoms with E-state index in [0.717, 1.165) is 25.8 Å². The summed E-state index contributed by atoms with van der Waals surface area (Å²) in [5.74, 6) is 0.450. The van der Waals surface area contributed by atoms with Gasteiger partial charge in [-0.05, 0) is 32.1 Å². The molecule has 14 heavy (non-hydrogen) atoms. The van der Waals surface area contributed by atoms with Crippen LogP contribution in [0.3, 0.4) is 0 Å². The molecule has 80 valence electrons. The third kappa shape index (κ3) is 1.21. The van der Waals surface area contributed by atoms with E-state index in [4.69, 9.17) is 4.74 Å². The van der Waals surface area contributed by atoms with Gasteiger partial charge in [0, 0.05) is 6.54 Å². The van der Waals surface area contributed by atoms with Gasteiger partial charge in [-0.3, -0.25) is 4.90 Å². The van der Waals surface area contributed by atoms with Crippen molar-refractivity contribution < 1.29 is 14.6 Å². The van der Waals surface area contributed by atoms with Crippen LogP contribution in [0.2, 0.25) is 0 Å². The second kappa shape index (κ2) is 3.12. The molecule has 3 rings (SSSR count). The number of aliphatic hydroxyl groups is 1. The number of hydrogen-bond donors (Lipinski definition) is 1. The minimum atomic E-state index is -0.401. The molecule has 2 heterocycles. The van der Waals surface area contributed by atoms with Crippen LogP contribution < -0.4 is 0 Å². The largest absolute Gasteiger partial charge is 0.453 e. The number of methoxy groups -OCH3 is 1. The lowest BCUT2D eigenvalue weighted by Crippen LogP contribution is -2.65.